The monoisotopic (exact) mass is 821 g/mol. The van der Waals surface area contributed by atoms with Crippen molar-refractivity contribution in [2.45, 2.75) is 25.7 Å². The molecule has 0 fully saturated rings. The Morgan fingerprint density at radius 2 is 1.06 bits per heavy atom. The summed E-state index contributed by atoms with van der Waals surface area (Å²) < 4.78 is 23.1. The molecule has 0 aliphatic carbocycles. The van der Waals surface area contributed by atoms with Crippen molar-refractivity contribution in [2.24, 2.45) is 0 Å². The van der Waals surface area contributed by atoms with Gasteiger partial charge in [0.1, 0.15) is 27.4 Å². The van der Waals surface area contributed by atoms with Crippen LogP contribution in [-0.2, 0) is 25.7 Å². The molecule has 2 aromatic heterocycles. The largest absolute Gasteiger partial charge is 0.480 e. The van der Waals surface area contributed by atoms with Gasteiger partial charge in [0, 0.05) is 33.6 Å². The van der Waals surface area contributed by atoms with Gasteiger partial charge >= 0.3 is 0 Å². The minimum Gasteiger partial charge on any atom is -0.480 e. The summed E-state index contributed by atoms with van der Waals surface area (Å²) in [6.07, 6.45) is 3.13. The Labute approximate surface area is 332 Å². The number of nitrogens with two attached hydrogens (primary N) is 1. The number of hydrogen-bond acceptors (Lipinski definition) is 9. The van der Waals surface area contributed by atoms with E-state index < -0.39 is 0 Å². The summed E-state index contributed by atoms with van der Waals surface area (Å²) in [5.41, 5.74) is 11.3. The van der Waals surface area contributed by atoms with Gasteiger partial charge in [-0.05, 0) is 89.1 Å². The zero-order valence-electron chi connectivity index (χ0n) is 29.4. The van der Waals surface area contributed by atoms with Gasteiger partial charge in [0.2, 0.25) is 11.8 Å². The molecule has 9 nitrogen and oxygen atoms in total. The Morgan fingerprint density at radius 3 is 1.52 bits per heavy atom. The Kier molecular flexibility index (Phi) is 14.1. The van der Waals surface area contributed by atoms with Gasteiger partial charge in [0.05, 0.1) is 37.5 Å². The fourth-order valence-electron chi connectivity index (χ4n) is 5.26. The van der Waals surface area contributed by atoms with Crippen molar-refractivity contribution in [1.82, 2.24) is 9.97 Å². The molecule has 0 bridgehead atoms. The second-order valence-electron chi connectivity index (χ2n) is 11.7. The van der Waals surface area contributed by atoms with Crippen molar-refractivity contribution in [3.8, 4) is 46.9 Å². The van der Waals surface area contributed by atoms with Crippen LogP contribution >= 0.6 is 39.1 Å². The molecule has 0 radical (unpaired) electrons. The number of ether oxygens (including phenoxy) is 4. The molecule has 0 aliphatic rings. The van der Waals surface area contributed by atoms with Gasteiger partial charge in [-0.2, -0.15) is 10.5 Å². The lowest BCUT2D eigenvalue weighted by Crippen LogP contribution is -2.03. The molecule has 0 amide bonds. The zero-order valence-corrected chi connectivity index (χ0v) is 32.5. The number of rotatable bonds is 12. The summed E-state index contributed by atoms with van der Waals surface area (Å²) in [5.74, 6) is 2.61. The Bertz CT molecular complexity index is 2140. The van der Waals surface area contributed by atoms with Crippen LogP contribution in [0.15, 0.2) is 114 Å². The van der Waals surface area contributed by atoms with E-state index in [1.165, 1.54) is 18.2 Å². The first-order valence-electron chi connectivity index (χ1n) is 16.6. The molecule has 54 heavy (non-hydrogen) atoms. The topological polar surface area (TPSA) is 136 Å². The number of anilines is 1. The van der Waals surface area contributed by atoms with Crippen LogP contribution in [0.2, 0.25) is 10.0 Å². The maximum Gasteiger partial charge on any atom is 0.241 e. The van der Waals surface area contributed by atoms with Crippen LogP contribution in [0.4, 0.5) is 5.69 Å². The molecule has 0 spiro atoms. The molecule has 4 aromatic carbocycles. The van der Waals surface area contributed by atoms with Gasteiger partial charge in [-0.3, -0.25) is 0 Å². The van der Waals surface area contributed by atoms with Crippen molar-refractivity contribution >= 4 is 44.8 Å². The minimum absolute atomic E-state index is 0.291. The van der Waals surface area contributed by atoms with Crippen LogP contribution < -0.4 is 24.7 Å². The number of nitrogen functional groups attached to an aromatic ring is 1. The fourth-order valence-corrected chi connectivity index (χ4v) is 6.15. The first-order valence-corrected chi connectivity index (χ1v) is 18.1. The Morgan fingerprint density at radius 1 is 0.611 bits per heavy atom. The van der Waals surface area contributed by atoms with Gasteiger partial charge in [-0.1, -0.05) is 83.9 Å². The number of pyridine rings is 2. The molecule has 272 valence electrons. The first kappa shape index (κ1) is 39.4. The average Bonchev–Trinajstić information content (AvgIpc) is 3.18. The van der Waals surface area contributed by atoms with Crippen LogP contribution in [0, 0.1) is 22.7 Å². The lowest BCUT2D eigenvalue weighted by Gasteiger charge is -2.13. The second kappa shape index (κ2) is 19.3. The van der Waals surface area contributed by atoms with Crippen molar-refractivity contribution in [3.63, 3.8) is 0 Å². The molecular weight excluding hydrogens is 789 g/mol. The van der Waals surface area contributed by atoms with Crippen LogP contribution in [0.1, 0.15) is 33.6 Å². The molecule has 6 rings (SSSR count). The van der Waals surface area contributed by atoms with E-state index in [0.717, 1.165) is 30.7 Å². The lowest BCUT2D eigenvalue weighted by molar-refractivity contribution is 0.386. The summed E-state index contributed by atoms with van der Waals surface area (Å²) in [7, 11) is 3.07. The summed E-state index contributed by atoms with van der Waals surface area (Å²) in [4.78, 5) is 8.99. The second-order valence-corrected chi connectivity index (χ2v) is 13.4. The Hall–Kier alpha value is -5.78. The zero-order chi connectivity index (χ0) is 38.5. The van der Waals surface area contributed by atoms with Crippen LogP contribution in [0.5, 0.6) is 34.8 Å². The third-order valence-corrected chi connectivity index (χ3v) is 9.02. The first-order chi connectivity index (χ1) is 26.2. The maximum absolute atomic E-state index is 9.11. The van der Waals surface area contributed by atoms with Gasteiger partial charge in [-0.25, -0.2) is 9.97 Å². The van der Waals surface area contributed by atoms with E-state index >= 15 is 0 Å². The quantitative estimate of drug-likeness (QED) is 0.128. The van der Waals surface area contributed by atoms with E-state index in [1.54, 1.807) is 49.6 Å². The number of aryl methyl sites for hydroxylation is 4. The Balaban J connectivity index is 0.000000208. The van der Waals surface area contributed by atoms with E-state index in [0.29, 0.717) is 72.5 Å². The number of halogens is 3. The van der Waals surface area contributed by atoms with Crippen LogP contribution in [0.3, 0.4) is 0 Å². The van der Waals surface area contributed by atoms with E-state index in [9.17, 15) is 0 Å². The maximum atomic E-state index is 9.11. The predicted molar refractivity (Wildman–Crippen MR) is 214 cm³/mol. The molecular formula is C42H34BrCl2N5O4. The predicted octanol–water partition coefficient (Wildman–Crippen LogP) is 10.7. The van der Waals surface area contributed by atoms with E-state index in [4.69, 9.17) is 58.4 Å². The molecule has 0 saturated heterocycles. The number of nitrogens with zero attached hydrogens (tertiary/aromatic N) is 4. The van der Waals surface area contributed by atoms with Crippen molar-refractivity contribution < 1.29 is 18.9 Å². The molecule has 0 unspecified atom stereocenters. The molecule has 12 heteroatoms. The van der Waals surface area contributed by atoms with E-state index in [-0.39, 0.29) is 0 Å². The number of nitriles is 2. The molecule has 2 heterocycles. The summed E-state index contributed by atoms with van der Waals surface area (Å²) in [5, 5.41) is 19.0. The number of benzene rings is 4. The summed E-state index contributed by atoms with van der Waals surface area (Å²) >= 11 is 15.6. The normalized spacial score (nSPS) is 10.3. The van der Waals surface area contributed by atoms with Crippen molar-refractivity contribution in [3.05, 3.63) is 157 Å². The van der Waals surface area contributed by atoms with E-state index in [2.05, 4.69) is 56.2 Å². The summed E-state index contributed by atoms with van der Waals surface area (Å²) in [6.45, 7) is 0. The lowest BCUT2D eigenvalue weighted by atomic mass is 10.1. The third kappa shape index (κ3) is 11.1. The number of hydrogen-bond donors (Lipinski definition) is 1. The standard InChI is InChI=1S/C21H16BrClN2O2.C21H18ClN3O2/c1-26-21-20(22)19(27-18-10-15(13-24)9-16(23)11-18)12-17(25-21)8-7-14-5-3-2-4-6-14;1-26-21-20(24)19(27-18-10-15(13-23)9-16(22)11-18)12-17(25-21)8-7-14-5-3-2-4-6-14/h2-6,9-12H,7-8H2,1H3;2-6,9-12H,7-8,24H2,1H3. The third-order valence-electron chi connectivity index (χ3n) is 7.85. The highest BCUT2D eigenvalue weighted by Crippen LogP contribution is 2.38. The molecule has 2 N–H and O–H groups in total. The average molecular weight is 824 g/mol. The van der Waals surface area contributed by atoms with Crippen LogP contribution in [0.25, 0.3) is 0 Å². The van der Waals surface area contributed by atoms with Gasteiger partial charge in [-0.15, -0.1) is 0 Å². The molecule has 0 saturated carbocycles. The van der Waals surface area contributed by atoms with Crippen LogP contribution in [-0.4, -0.2) is 24.2 Å². The SMILES string of the molecule is COc1nc(CCc2ccccc2)cc(Oc2cc(Cl)cc(C#N)c2)c1Br.COc1nc(CCc2ccccc2)cc(Oc2cc(Cl)cc(C#N)c2)c1N. The number of methoxy groups -OCH3 is 2. The van der Waals surface area contributed by atoms with E-state index in [1.807, 2.05) is 48.5 Å². The fraction of sp³-hybridized carbons (Fsp3) is 0.143. The summed E-state index contributed by atoms with van der Waals surface area (Å²) in [6, 6.07) is 37.8. The van der Waals surface area contributed by atoms with Crippen molar-refractivity contribution in [2.75, 3.05) is 20.0 Å². The van der Waals surface area contributed by atoms with Crippen molar-refractivity contribution in [1.29, 1.82) is 10.5 Å². The molecule has 0 aliphatic heterocycles. The highest BCUT2D eigenvalue weighted by Gasteiger charge is 2.16. The minimum atomic E-state index is 0.291. The van der Waals surface area contributed by atoms with Gasteiger partial charge < -0.3 is 24.7 Å². The molecule has 0 atom stereocenters. The smallest absolute Gasteiger partial charge is 0.241 e. The highest BCUT2D eigenvalue weighted by molar-refractivity contribution is 9.10. The van der Waals surface area contributed by atoms with Gasteiger partial charge in [0.15, 0.2) is 5.75 Å². The molecule has 6 aromatic rings. The number of aromatic nitrogens is 2. The van der Waals surface area contributed by atoms with Gasteiger partial charge in [0.25, 0.3) is 0 Å². The highest BCUT2D eigenvalue weighted by atomic mass is 79.9.